The lowest BCUT2D eigenvalue weighted by Crippen LogP contribution is -1.97. The third kappa shape index (κ3) is 0.765. The van der Waals surface area contributed by atoms with Gasteiger partial charge in [-0.25, -0.2) is 0 Å². The molecule has 0 saturated heterocycles. The number of hydrogen-bond donors (Lipinski definition) is 0. The second kappa shape index (κ2) is 1.73. The number of hydrogen-bond acceptors (Lipinski definition) is 2. The molecule has 37 valence electrons. The van der Waals surface area contributed by atoms with Crippen LogP contribution in [0.25, 0.3) is 0 Å². The largest absolute Gasteiger partial charge is 0.185 e. The first-order valence-corrected chi connectivity index (χ1v) is 2.07. The van der Waals surface area contributed by atoms with Crippen molar-refractivity contribution in [1.29, 1.82) is 0 Å². The molecule has 0 atom stereocenters. The maximum absolute atomic E-state index is 3.78. The SMILES string of the molecule is [CH2]Cn1nccn1. The van der Waals surface area contributed by atoms with Crippen LogP contribution in [0.2, 0.25) is 0 Å². The van der Waals surface area contributed by atoms with Crippen molar-refractivity contribution in [2.45, 2.75) is 6.54 Å². The van der Waals surface area contributed by atoms with Gasteiger partial charge in [0.2, 0.25) is 0 Å². The molecule has 0 aliphatic heterocycles. The van der Waals surface area contributed by atoms with Gasteiger partial charge >= 0.3 is 0 Å². The Morgan fingerprint density at radius 2 is 2.00 bits per heavy atom. The highest BCUT2D eigenvalue weighted by Crippen LogP contribution is 1.72. The third-order valence-electron chi connectivity index (χ3n) is 0.667. The summed E-state index contributed by atoms with van der Waals surface area (Å²) in [4.78, 5) is 1.51. The topological polar surface area (TPSA) is 30.7 Å². The van der Waals surface area contributed by atoms with Crippen LogP contribution >= 0.6 is 0 Å². The number of nitrogens with zero attached hydrogens (tertiary/aromatic N) is 3. The van der Waals surface area contributed by atoms with E-state index in [4.69, 9.17) is 0 Å². The van der Waals surface area contributed by atoms with Crippen molar-refractivity contribution < 1.29 is 0 Å². The number of rotatable bonds is 1. The Hall–Kier alpha value is -0.860. The van der Waals surface area contributed by atoms with Crippen LogP contribution in [0.3, 0.4) is 0 Å². The van der Waals surface area contributed by atoms with Gasteiger partial charge in [-0.1, -0.05) is 0 Å². The minimum atomic E-state index is 0.604. The molecule has 7 heavy (non-hydrogen) atoms. The lowest BCUT2D eigenvalue weighted by Gasteiger charge is -1.85. The lowest BCUT2D eigenvalue weighted by atomic mass is 10.8. The maximum atomic E-state index is 3.78. The van der Waals surface area contributed by atoms with Gasteiger partial charge in [0.1, 0.15) is 0 Å². The molecular weight excluding hydrogens is 90.1 g/mol. The van der Waals surface area contributed by atoms with Gasteiger partial charge in [0.25, 0.3) is 0 Å². The molecule has 0 aliphatic rings. The average molecular weight is 96.1 g/mol. The molecule has 0 saturated carbocycles. The van der Waals surface area contributed by atoms with Gasteiger partial charge in [-0.15, -0.1) is 0 Å². The Bertz CT molecular complexity index is 121. The fourth-order valence-electron chi connectivity index (χ4n) is 0.359. The van der Waals surface area contributed by atoms with E-state index >= 15 is 0 Å². The molecule has 0 aromatic carbocycles. The molecule has 0 spiro atoms. The lowest BCUT2D eigenvalue weighted by molar-refractivity contribution is 0.600. The van der Waals surface area contributed by atoms with Crippen molar-refractivity contribution in [1.82, 2.24) is 15.0 Å². The van der Waals surface area contributed by atoms with Gasteiger partial charge < -0.3 is 0 Å². The minimum absolute atomic E-state index is 0.604. The highest BCUT2D eigenvalue weighted by molar-refractivity contribution is 4.59. The van der Waals surface area contributed by atoms with Crippen LogP contribution < -0.4 is 0 Å². The summed E-state index contributed by atoms with van der Waals surface area (Å²) in [7, 11) is 0. The molecule has 1 radical (unpaired) electrons. The zero-order valence-electron chi connectivity index (χ0n) is 3.91. The van der Waals surface area contributed by atoms with Crippen molar-refractivity contribution in [3.63, 3.8) is 0 Å². The summed E-state index contributed by atoms with van der Waals surface area (Å²) in [6.07, 6.45) is 3.26. The molecule has 0 N–H and O–H groups in total. The van der Waals surface area contributed by atoms with Crippen molar-refractivity contribution >= 4 is 0 Å². The number of aromatic nitrogens is 3. The zero-order valence-corrected chi connectivity index (χ0v) is 3.91. The summed E-state index contributed by atoms with van der Waals surface area (Å²) < 4.78 is 0. The second-order valence-corrected chi connectivity index (χ2v) is 1.12. The highest BCUT2D eigenvalue weighted by atomic mass is 15.5. The van der Waals surface area contributed by atoms with E-state index in [1.807, 2.05) is 0 Å². The van der Waals surface area contributed by atoms with Crippen LogP contribution in [0, 0.1) is 6.92 Å². The normalized spacial score (nSPS) is 9.29. The summed E-state index contributed by atoms with van der Waals surface area (Å²) in [5, 5.41) is 7.56. The summed E-state index contributed by atoms with van der Waals surface area (Å²) in [6, 6.07) is 0. The minimum Gasteiger partial charge on any atom is -0.185 e. The summed E-state index contributed by atoms with van der Waals surface area (Å²) in [6.45, 7) is 4.17. The Morgan fingerprint density at radius 3 is 2.29 bits per heavy atom. The smallest absolute Gasteiger partial charge is 0.0693 e. The molecule has 3 nitrogen and oxygen atoms in total. The predicted octanol–water partition coefficient (Wildman–Crippen LogP) is 0.112. The van der Waals surface area contributed by atoms with E-state index in [0.29, 0.717) is 6.54 Å². The molecule has 0 aliphatic carbocycles. The van der Waals surface area contributed by atoms with Crippen LogP contribution in [-0.2, 0) is 6.54 Å². The summed E-state index contributed by atoms with van der Waals surface area (Å²) in [5.41, 5.74) is 0. The Morgan fingerprint density at radius 1 is 1.43 bits per heavy atom. The summed E-state index contributed by atoms with van der Waals surface area (Å²) >= 11 is 0. The molecule has 0 bridgehead atoms. The molecule has 1 aromatic rings. The van der Waals surface area contributed by atoms with Gasteiger partial charge in [0.05, 0.1) is 18.9 Å². The van der Waals surface area contributed by atoms with Crippen LogP contribution in [0.4, 0.5) is 0 Å². The van der Waals surface area contributed by atoms with Crippen molar-refractivity contribution in [3.8, 4) is 0 Å². The van der Waals surface area contributed by atoms with Gasteiger partial charge in [0.15, 0.2) is 0 Å². The standard InChI is InChI=1S/C4H6N3/c1-2-7-5-3-4-6-7/h3-4H,1-2H2. The average Bonchev–Trinajstić information content (AvgIpc) is 2.14. The monoisotopic (exact) mass is 96.1 g/mol. The van der Waals surface area contributed by atoms with E-state index in [0.717, 1.165) is 0 Å². The first-order chi connectivity index (χ1) is 3.43. The Kier molecular flexibility index (Phi) is 1.06. The quantitative estimate of drug-likeness (QED) is 0.497. The third-order valence-corrected chi connectivity index (χ3v) is 0.667. The Labute approximate surface area is 42.0 Å². The van der Waals surface area contributed by atoms with Crippen LogP contribution in [0.1, 0.15) is 0 Å². The van der Waals surface area contributed by atoms with E-state index < -0.39 is 0 Å². The van der Waals surface area contributed by atoms with E-state index in [-0.39, 0.29) is 0 Å². The molecule has 1 heterocycles. The van der Waals surface area contributed by atoms with Crippen molar-refractivity contribution in [2.75, 3.05) is 0 Å². The molecule has 1 aromatic heterocycles. The van der Waals surface area contributed by atoms with E-state index in [2.05, 4.69) is 17.1 Å². The van der Waals surface area contributed by atoms with E-state index in [1.165, 1.54) is 4.80 Å². The van der Waals surface area contributed by atoms with Crippen LogP contribution in [0.5, 0.6) is 0 Å². The van der Waals surface area contributed by atoms with Crippen molar-refractivity contribution in [2.24, 2.45) is 0 Å². The fourth-order valence-corrected chi connectivity index (χ4v) is 0.359. The first kappa shape index (κ1) is 4.30. The first-order valence-electron chi connectivity index (χ1n) is 2.07. The van der Waals surface area contributed by atoms with Crippen LogP contribution in [0.15, 0.2) is 12.4 Å². The molecule has 1 rings (SSSR count). The van der Waals surface area contributed by atoms with Gasteiger partial charge in [-0.2, -0.15) is 15.0 Å². The zero-order chi connectivity index (χ0) is 5.11. The Balaban J connectivity index is 2.76. The molecule has 0 fully saturated rings. The van der Waals surface area contributed by atoms with Gasteiger partial charge in [-0.05, 0) is 6.92 Å². The van der Waals surface area contributed by atoms with Crippen LogP contribution in [-0.4, -0.2) is 15.0 Å². The van der Waals surface area contributed by atoms with Gasteiger partial charge in [0, 0.05) is 0 Å². The molecular formula is C4H6N3. The van der Waals surface area contributed by atoms with Crippen molar-refractivity contribution in [3.05, 3.63) is 19.3 Å². The molecule has 0 unspecified atom stereocenters. The highest BCUT2D eigenvalue weighted by Gasteiger charge is 1.79. The second-order valence-electron chi connectivity index (χ2n) is 1.12. The van der Waals surface area contributed by atoms with Gasteiger partial charge in [-0.3, -0.25) is 0 Å². The fraction of sp³-hybridized carbons (Fsp3) is 0.250. The molecule has 0 amide bonds. The maximum Gasteiger partial charge on any atom is 0.0693 e. The summed E-state index contributed by atoms with van der Waals surface area (Å²) in [5.74, 6) is 0. The molecule has 3 heteroatoms. The predicted molar refractivity (Wildman–Crippen MR) is 25.4 cm³/mol. The van der Waals surface area contributed by atoms with E-state index in [9.17, 15) is 0 Å². The van der Waals surface area contributed by atoms with E-state index in [1.54, 1.807) is 12.4 Å².